The van der Waals surface area contributed by atoms with Crippen LogP contribution in [0.1, 0.15) is 18.4 Å². The fourth-order valence-corrected chi connectivity index (χ4v) is 3.19. The minimum Gasteiger partial charge on any atom is -0.497 e. The maximum absolute atomic E-state index is 6.40. The van der Waals surface area contributed by atoms with Gasteiger partial charge in [-0.15, -0.1) is 0 Å². The Hall–Kier alpha value is -1.16. The molecule has 0 spiro atoms. The molecule has 0 heterocycles. The minimum atomic E-state index is 0.720. The summed E-state index contributed by atoms with van der Waals surface area (Å²) in [4.78, 5) is 2.23. The van der Waals surface area contributed by atoms with Gasteiger partial charge >= 0.3 is 0 Å². The third-order valence-corrected chi connectivity index (χ3v) is 4.96. The van der Waals surface area contributed by atoms with Gasteiger partial charge in [-0.25, -0.2) is 0 Å². The Kier molecular flexibility index (Phi) is 4.73. The molecule has 0 atom stereocenters. The maximum atomic E-state index is 6.40. The molecular weight excluding hydrogens is 302 g/mol. The summed E-state index contributed by atoms with van der Waals surface area (Å²) in [5, 5.41) is 4.31. The number of benzene rings is 2. The average molecular weight is 320 g/mol. The highest BCUT2D eigenvalue weighted by atomic mass is 35.5. The Bertz CT molecular complexity index is 611. The van der Waals surface area contributed by atoms with Crippen LogP contribution in [-0.2, 0) is 6.54 Å². The molecule has 0 unspecified atom stereocenters. The zero-order valence-corrected chi connectivity index (χ0v) is 13.5. The molecule has 2 nitrogen and oxygen atoms in total. The van der Waals surface area contributed by atoms with Gasteiger partial charge in [0.2, 0.25) is 0 Å². The van der Waals surface area contributed by atoms with Gasteiger partial charge < -0.3 is 10.1 Å². The largest absolute Gasteiger partial charge is 0.497 e. The van der Waals surface area contributed by atoms with Crippen molar-refractivity contribution in [2.45, 2.75) is 35.2 Å². The standard InChI is InChI=1S/C17H18ClNOS/c1-20-14-5-7-15(8-6-14)21-17-9-2-12(10-16(17)18)11-19-13-3-4-13/h2,5-10,13,19H,3-4,11H2,1H3. The van der Waals surface area contributed by atoms with Gasteiger partial charge in [0, 0.05) is 22.4 Å². The van der Waals surface area contributed by atoms with Gasteiger partial charge in [-0.3, -0.25) is 0 Å². The minimum absolute atomic E-state index is 0.720. The Morgan fingerprint density at radius 3 is 2.57 bits per heavy atom. The smallest absolute Gasteiger partial charge is 0.118 e. The van der Waals surface area contributed by atoms with E-state index in [2.05, 4.69) is 23.5 Å². The molecule has 0 saturated heterocycles. The third kappa shape index (κ3) is 4.16. The van der Waals surface area contributed by atoms with E-state index in [1.54, 1.807) is 18.9 Å². The highest BCUT2D eigenvalue weighted by Crippen LogP contribution is 2.34. The van der Waals surface area contributed by atoms with E-state index in [9.17, 15) is 0 Å². The van der Waals surface area contributed by atoms with Crippen LogP contribution < -0.4 is 10.1 Å². The summed E-state index contributed by atoms with van der Waals surface area (Å²) in [5.74, 6) is 0.868. The Morgan fingerprint density at radius 2 is 1.95 bits per heavy atom. The lowest BCUT2D eigenvalue weighted by Gasteiger charge is -2.08. The fourth-order valence-electron chi connectivity index (χ4n) is 2.06. The third-order valence-electron chi connectivity index (χ3n) is 3.46. The van der Waals surface area contributed by atoms with E-state index in [0.29, 0.717) is 0 Å². The quantitative estimate of drug-likeness (QED) is 0.830. The summed E-state index contributed by atoms with van der Waals surface area (Å²) >= 11 is 8.07. The molecule has 1 saturated carbocycles. The highest BCUT2D eigenvalue weighted by molar-refractivity contribution is 7.99. The van der Waals surface area contributed by atoms with E-state index in [1.165, 1.54) is 18.4 Å². The number of methoxy groups -OCH3 is 1. The first-order chi connectivity index (χ1) is 10.2. The molecule has 0 aliphatic heterocycles. The van der Waals surface area contributed by atoms with Crippen molar-refractivity contribution in [1.29, 1.82) is 0 Å². The number of hydrogen-bond acceptors (Lipinski definition) is 3. The second-order valence-corrected chi connectivity index (χ2v) is 6.72. The Balaban J connectivity index is 1.66. The van der Waals surface area contributed by atoms with Gasteiger partial charge in [0.05, 0.1) is 12.1 Å². The lowest BCUT2D eigenvalue weighted by atomic mass is 10.2. The second kappa shape index (κ2) is 6.73. The van der Waals surface area contributed by atoms with Crippen molar-refractivity contribution in [3.05, 3.63) is 53.1 Å². The van der Waals surface area contributed by atoms with Gasteiger partial charge in [-0.05, 0) is 54.8 Å². The summed E-state index contributed by atoms with van der Waals surface area (Å²) in [6, 6.07) is 15.0. The van der Waals surface area contributed by atoms with Crippen LogP contribution in [0.3, 0.4) is 0 Å². The number of nitrogens with one attached hydrogen (secondary N) is 1. The van der Waals surface area contributed by atoms with E-state index in [4.69, 9.17) is 16.3 Å². The van der Waals surface area contributed by atoms with Crippen molar-refractivity contribution in [2.24, 2.45) is 0 Å². The first-order valence-corrected chi connectivity index (χ1v) is 8.28. The number of hydrogen-bond donors (Lipinski definition) is 1. The Labute approximate surface area is 134 Å². The maximum Gasteiger partial charge on any atom is 0.118 e. The van der Waals surface area contributed by atoms with Crippen LogP contribution in [-0.4, -0.2) is 13.2 Å². The molecule has 0 radical (unpaired) electrons. The van der Waals surface area contributed by atoms with E-state index < -0.39 is 0 Å². The molecule has 1 fully saturated rings. The first-order valence-electron chi connectivity index (χ1n) is 7.08. The molecule has 4 heteroatoms. The van der Waals surface area contributed by atoms with Crippen LogP contribution in [0.5, 0.6) is 5.75 Å². The summed E-state index contributed by atoms with van der Waals surface area (Å²) in [5.41, 5.74) is 1.24. The molecule has 2 aromatic carbocycles. The molecule has 0 amide bonds. The zero-order chi connectivity index (χ0) is 14.7. The van der Waals surface area contributed by atoms with Crippen LogP contribution in [0.2, 0.25) is 5.02 Å². The molecule has 1 aliphatic rings. The van der Waals surface area contributed by atoms with Crippen LogP contribution in [0, 0.1) is 0 Å². The molecular formula is C17H18ClNOS. The van der Waals surface area contributed by atoms with Crippen LogP contribution in [0.15, 0.2) is 52.3 Å². The molecule has 21 heavy (non-hydrogen) atoms. The summed E-state index contributed by atoms with van der Waals surface area (Å²) in [6.07, 6.45) is 2.61. The number of ether oxygens (including phenoxy) is 1. The summed E-state index contributed by atoms with van der Waals surface area (Å²) in [6.45, 7) is 0.901. The van der Waals surface area contributed by atoms with E-state index in [-0.39, 0.29) is 0 Å². The molecule has 110 valence electrons. The first kappa shape index (κ1) is 14.8. The normalized spacial score (nSPS) is 14.2. The molecule has 1 N–H and O–H groups in total. The predicted octanol–water partition coefficient (Wildman–Crippen LogP) is 4.75. The summed E-state index contributed by atoms with van der Waals surface area (Å²) in [7, 11) is 1.67. The van der Waals surface area contributed by atoms with Crippen molar-refractivity contribution in [3.8, 4) is 5.75 Å². The molecule has 3 rings (SSSR count). The van der Waals surface area contributed by atoms with Gasteiger partial charge in [0.25, 0.3) is 0 Å². The van der Waals surface area contributed by atoms with Crippen molar-refractivity contribution in [3.63, 3.8) is 0 Å². The Morgan fingerprint density at radius 1 is 1.19 bits per heavy atom. The molecule has 0 bridgehead atoms. The SMILES string of the molecule is COc1ccc(Sc2ccc(CNC3CC3)cc2Cl)cc1. The van der Waals surface area contributed by atoms with Gasteiger partial charge in [0.1, 0.15) is 5.75 Å². The van der Waals surface area contributed by atoms with Gasteiger partial charge in [-0.2, -0.15) is 0 Å². The number of halogens is 1. The van der Waals surface area contributed by atoms with E-state index in [0.717, 1.165) is 33.1 Å². The topological polar surface area (TPSA) is 21.3 Å². The highest BCUT2D eigenvalue weighted by Gasteiger charge is 2.20. The van der Waals surface area contributed by atoms with Crippen molar-refractivity contribution < 1.29 is 4.74 Å². The van der Waals surface area contributed by atoms with Crippen molar-refractivity contribution >= 4 is 23.4 Å². The van der Waals surface area contributed by atoms with Crippen molar-refractivity contribution in [2.75, 3.05) is 7.11 Å². The fraction of sp³-hybridized carbons (Fsp3) is 0.294. The predicted molar refractivity (Wildman–Crippen MR) is 88.4 cm³/mol. The van der Waals surface area contributed by atoms with Gasteiger partial charge in [0.15, 0.2) is 0 Å². The van der Waals surface area contributed by atoms with E-state index >= 15 is 0 Å². The monoisotopic (exact) mass is 319 g/mol. The summed E-state index contributed by atoms with van der Waals surface area (Å²) < 4.78 is 5.17. The zero-order valence-electron chi connectivity index (χ0n) is 11.9. The molecule has 0 aromatic heterocycles. The number of rotatable bonds is 6. The van der Waals surface area contributed by atoms with Gasteiger partial charge in [-0.1, -0.05) is 29.4 Å². The second-order valence-electron chi connectivity index (χ2n) is 5.20. The van der Waals surface area contributed by atoms with Crippen LogP contribution in [0.4, 0.5) is 0 Å². The molecule has 2 aromatic rings. The molecule has 1 aliphatic carbocycles. The lowest BCUT2D eigenvalue weighted by Crippen LogP contribution is -2.15. The van der Waals surface area contributed by atoms with E-state index in [1.807, 2.05) is 24.3 Å². The van der Waals surface area contributed by atoms with Crippen molar-refractivity contribution in [1.82, 2.24) is 5.32 Å². The lowest BCUT2D eigenvalue weighted by molar-refractivity contribution is 0.414. The average Bonchev–Trinajstić information content (AvgIpc) is 3.33. The van der Waals surface area contributed by atoms with Crippen LogP contribution in [0.25, 0.3) is 0 Å². The van der Waals surface area contributed by atoms with Crippen LogP contribution >= 0.6 is 23.4 Å².